The highest BCUT2D eigenvalue weighted by Gasteiger charge is 2.17. The van der Waals surface area contributed by atoms with Crippen LogP contribution in [0.4, 0.5) is 0 Å². The molecule has 0 aliphatic rings. The Morgan fingerprint density at radius 3 is 1.86 bits per heavy atom. The van der Waals surface area contributed by atoms with Crippen LogP contribution in [-0.4, -0.2) is 20.0 Å². The van der Waals surface area contributed by atoms with Gasteiger partial charge >= 0.3 is 0 Å². The molecule has 0 radical (unpaired) electrons. The Hall–Kier alpha value is -2.20. The molecule has 0 bridgehead atoms. The molecule has 0 aromatic heterocycles. The minimum absolute atomic E-state index is 0.0363. The van der Waals surface area contributed by atoms with Gasteiger partial charge < -0.3 is 0 Å². The van der Waals surface area contributed by atoms with Gasteiger partial charge in [0, 0.05) is 16.5 Å². The van der Waals surface area contributed by atoms with E-state index in [1.165, 1.54) is 0 Å². The van der Waals surface area contributed by atoms with Crippen molar-refractivity contribution in [3.8, 4) is 0 Å². The standard InChI is InChI=1S/C17H16O3S/c1-2-21(19,20)13-16(14-9-5-3-6-10-14)17(18)15-11-7-4-8-12-15/h3-13H,2H2,1H3. The molecular weight excluding hydrogens is 284 g/mol. The number of rotatable bonds is 5. The van der Waals surface area contributed by atoms with E-state index in [0.717, 1.165) is 5.41 Å². The summed E-state index contributed by atoms with van der Waals surface area (Å²) in [4.78, 5) is 12.6. The highest BCUT2D eigenvalue weighted by atomic mass is 32.2. The summed E-state index contributed by atoms with van der Waals surface area (Å²) in [5.41, 5.74) is 1.27. The summed E-state index contributed by atoms with van der Waals surface area (Å²) in [5, 5.41) is 1.08. The zero-order valence-corrected chi connectivity index (χ0v) is 12.5. The lowest BCUT2D eigenvalue weighted by atomic mass is 9.98. The van der Waals surface area contributed by atoms with E-state index >= 15 is 0 Å². The van der Waals surface area contributed by atoms with E-state index in [0.29, 0.717) is 11.1 Å². The van der Waals surface area contributed by atoms with Gasteiger partial charge in [-0.25, -0.2) is 8.42 Å². The number of benzene rings is 2. The normalized spacial score (nSPS) is 12.1. The smallest absolute Gasteiger partial charge is 0.194 e. The molecule has 0 aliphatic carbocycles. The summed E-state index contributed by atoms with van der Waals surface area (Å²) >= 11 is 0. The zero-order chi connectivity index (χ0) is 15.3. The van der Waals surface area contributed by atoms with Crippen molar-refractivity contribution in [2.45, 2.75) is 6.92 Å². The molecule has 0 saturated carbocycles. The highest BCUT2D eigenvalue weighted by molar-refractivity contribution is 7.94. The first kappa shape index (κ1) is 15.2. The molecule has 0 heterocycles. The Balaban J connectivity index is 2.55. The maximum atomic E-state index is 12.6. The molecule has 3 nitrogen and oxygen atoms in total. The molecule has 4 heteroatoms. The van der Waals surface area contributed by atoms with Gasteiger partial charge in [0.15, 0.2) is 15.6 Å². The maximum Gasteiger partial charge on any atom is 0.194 e. The van der Waals surface area contributed by atoms with Gasteiger partial charge in [0.25, 0.3) is 0 Å². The Morgan fingerprint density at radius 2 is 1.38 bits per heavy atom. The lowest BCUT2D eigenvalue weighted by Gasteiger charge is -2.07. The molecule has 2 aromatic carbocycles. The predicted molar refractivity (Wildman–Crippen MR) is 84.7 cm³/mol. The van der Waals surface area contributed by atoms with Crippen LogP contribution < -0.4 is 0 Å². The molecule has 0 atom stereocenters. The Labute approximate surface area is 124 Å². The third kappa shape index (κ3) is 3.89. The molecule has 2 aromatic rings. The Morgan fingerprint density at radius 1 is 0.905 bits per heavy atom. The van der Waals surface area contributed by atoms with E-state index in [1.54, 1.807) is 55.5 Å². The monoisotopic (exact) mass is 300 g/mol. The fourth-order valence-electron chi connectivity index (χ4n) is 1.88. The third-order valence-corrected chi connectivity index (χ3v) is 4.46. The summed E-state index contributed by atoms with van der Waals surface area (Å²) in [6.07, 6.45) is 0. The number of ketones is 1. The van der Waals surface area contributed by atoms with Crippen molar-refractivity contribution in [3.05, 3.63) is 77.2 Å². The summed E-state index contributed by atoms with van der Waals surface area (Å²) in [7, 11) is -3.40. The second kappa shape index (κ2) is 6.50. The fourth-order valence-corrected chi connectivity index (χ4v) is 2.65. The van der Waals surface area contributed by atoms with Gasteiger partial charge in [0.1, 0.15) is 0 Å². The zero-order valence-electron chi connectivity index (χ0n) is 11.7. The number of carbonyl (C=O) groups excluding carboxylic acids is 1. The predicted octanol–water partition coefficient (Wildman–Crippen LogP) is 3.35. The third-order valence-electron chi connectivity index (χ3n) is 3.07. The second-order valence-corrected chi connectivity index (χ2v) is 6.68. The van der Waals surface area contributed by atoms with Crippen molar-refractivity contribution >= 4 is 21.2 Å². The van der Waals surface area contributed by atoms with Crippen LogP contribution in [0.1, 0.15) is 22.8 Å². The lowest BCUT2D eigenvalue weighted by Crippen LogP contribution is -2.07. The second-order valence-electron chi connectivity index (χ2n) is 4.54. The number of Topliss-reactive ketones (excluding diaryl/α,β-unsaturated/α-hetero) is 1. The minimum atomic E-state index is -3.40. The lowest BCUT2D eigenvalue weighted by molar-refractivity contribution is 0.105. The quantitative estimate of drug-likeness (QED) is 0.628. The fraction of sp³-hybridized carbons (Fsp3) is 0.118. The average molecular weight is 300 g/mol. The summed E-state index contributed by atoms with van der Waals surface area (Å²) in [5.74, 6) is -0.329. The number of hydrogen-bond acceptors (Lipinski definition) is 3. The van der Waals surface area contributed by atoms with Gasteiger partial charge in [-0.2, -0.15) is 0 Å². The van der Waals surface area contributed by atoms with Crippen molar-refractivity contribution in [1.29, 1.82) is 0 Å². The van der Waals surface area contributed by atoms with Crippen LogP contribution in [0.2, 0.25) is 0 Å². The van der Waals surface area contributed by atoms with Crippen LogP contribution in [0.25, 0.3) is 5.57 Å². The van der Waals surface area contributed by atoms with Gasteiger partial charge in [-0.05, 0) is 5.56 Å². The van der Waals surface area contributed by atoms with Crippen molar-refractivity contribution in [2.24, 2.45) is 0 Å². The molecule has 21 heavy (non-hydrogen) atoms. The number of carbonyl (C=O) groups is 1. The van der Waals surface area contributed by atoms with Gasteiger partial charge in [0.2, 0.25) is 0 Å². The van der Waals surface area contributed by atoms with Crippen LogP contribution in [0.3, 0.4) is 0 Å². The van der Waals surface area contributed by atoms with Crippen LogP contribution in [0, 0.1) is 0 Å². The first-order valence-electron chi connectivity index (χ1n) is 6.63. The van der Waals surface area contributed by atoms with E-state index in [1.807, 2.05) is 12.1 Å². The summed E-state index contributed by atoms with van der Waals surface area (Å²) < 4.78 is 23.8. The van der Waals surface area contributed by atoms with Crippen molar-refractivity contribution < 1.29 is 13.2 Å². The van der Waals surface area contributed by atoms with Crippen molar-refractivity contribution in [1.82, 2.24) is 0 Å². The van der Waals surface area contributed by atoms with Crippen molar-refractivity contribution in [3.63, 3.8) is 0 Å². The molecule has 0 aliphatic heterocycles. The van der Waals surface area contributed by atoms with E-state index in [-0.39, 0.29) is 17.1 Å². The first-order chi connectivity index (χ1) is 10.0. The number of allylic oxidation sites excluding steroid dienone is 1. The molecule has 0 saturated heterocycles. The minimum Gasteiger partial charge on any atom is -0.289 e. The number of sulfone groups is 1. The molecule has 0 unspecified atom stereocenters. The highest BCUT2D eigenvalue weighted by Crippen LogP contribution is 2.21. The molecule has 0 fully saturated rings. The summed E-state index contributed by atoms with van der Waals surface area (Å²) in [6.45, 7) is 1.56. The topological polar surface area (TPSA) is 51.2 Å². The van der Waals surface area contributed by atoms with Gasteiger partial charge in [-0.1, -0.05) is 67.6 Å². The Kier molecular flexibility index (Phi) is 4.70. The average Bonchev–Trinajstić information content (AvgIpc) is 2.54. The Bertz CT molecular complexity index is 745. The van der Waals surface area contributed by atoms with E-state index in [2.05, 4.69) is 0 Å². The summed E-state index contributed by atoms with van der Waals surface area (Å²) in [6, 6.07) is 17.5. The molecular formula is C17H16O3S. The van der Waals surface area contributed by atoms with Crippen LogP contribution in [0.5, 0.6) is 0 Å². The van der Waals surface area contributed by atoms with Gasteiger partial charge in [-0.3, -0.25) is 4.79 Å². The van der Waals surface area contributed by atoms with Gasteiger partial charge in [0.05, 0.1) is 5.75 Å². The van der Waals surface area contributed by atoms with E-state index in [9.17, 15) is 13.2 Å². The maximum absolute atomic E-state index is 12.6. The SMILES string of the molecule is CCS(=O)(=O)C=C(C(=O)c1ccccc1)c1ccccc1. The number of hydrogen-bond donors (Lipinski definition) is 0. The molecule has 0 spiro atoms. The van der Waals surface area contributed by atoms with Crippen LogP contribution in [-0.2, 0) is 9.84 Å². The largest absolute Gasteiger partial charge is 0.289 e. The van der Waals surface area contributed by atoms with Crippen LogP contribution >= 0.6 is 0 Å². The molecule has 0 amide bonds. The van der Waals surface area contributed by atoms with Gasteiger partial charge in [-0.15, -0.1) is 0 Å². The van der Waals surface area contributed by atoms with Crippen molar-refractivity contribution in [2.75, 3.05) is 5.75 Å². The van der Waals surface area contributed by atoms with Crippen LogP contribution in [0.15, 0.2) is 66.1 Å². The van der Waals surface area contributed by atoms with E-state index < -0.39 is 9.84 Å². The first-order valence-corrected chi connectivity index (χ1v) is 8.34. The molecule has 2 rings (SSSR count). The molecule has 108 valence electrons. The van der Waals surface area contributed by atoms with E-state index in [4.69, 9.17) is 0 Å². The molecule has 0 N–H and O–H groups in total.